The average Bonchev–Trinajstić information content (AvgIpc) is 2.40. The van der Waals surface area contributed by atoms with E-state index in [0.29, 0.717) is 6.04 Å². The van der Waals surface area contributed by atoms with Gasteiger partial charge in [-0.05, 0) is 6.42 Å². The average molecular weight is 140 g/mol. The van der Waals surface area contributed by atoms with Crippen LogP contribution in [0.3, 0.4) is 0 Å². The van der Waals surface area contributed by atoms with Crippen LogP contribution in [0.25, 0.3) is 0 Å². The molecule has 0 saturated carbocycles. The van der Waals surface area contributed by atoms with Gasteiger partial charge in [-0.25, -0.2) is 0 Å². The molecule has 1 aliphatic rings. The molecule has 0 fully saturated rings. The Hall–Kier alpha value is -0.340. The summed E-state index contributed by atoms with van der Waals surface area (Å²) >= 11 is 0. The third kappa shape index (κ3) is 2.12. The van der Waals surface area contributed by atoms with Gasteiger partial charge in [-0.15, -0.1) is 0 Å². The van der Waals surface area contributed by atoms with Crippen LogP contribution in [0.4, 0.5) is 0 Å². The van der Waals surface area contributed by atoms with Gasteiger partial charge in [0.2, 0.25) is 0 Å². The van der Waals surface area contributed by atoms with E-state index in [-0.39, 0.29) is 0 Å². The molecule has 1 rings (SSSR count). The number of hydrogen-bond donors (Lipinski definition) is 1. The van der Waals surface area contributed by atoms with E-state index in [1.54, 1.807) is 0 Å². The zero-order chi connectivity index (χ0) is 7.40. The van der Waals surface area contributed by atoms with Gasteiger partial charge in [0.05, 0.1) is 0 Å². The van der Waals surface area contributed by atoms with Crippen molar-refractivity contribution in [3.8, 4) is 0 Å². The van der Waals surface area contributed by atoms with Gasteiger partial charge in [-0.1, -0.05) is 19.1 Å². The lowest BCUT2D eigenvalue weighted by Gasteiger charge is -2.18. The van der Waals surface area contributed by atoms with Crippen LogP contribution in [0, 0.1) is 0 Å². The molecule has 0 aromatic carbocycles. The van der Waals surface area contributed by atoms with Gasteiger partial charge in [0, 0.05) is 25.7 Å². The standard InChI is InChI=1S/C8H16N2/c1-2-8(9)7-10-5-3-4-6-10/h3-4,8H,2,5-7,9H2,1H3/t8-/m0/s1. The van der Waals surface area contributed by atoms with Crippen LogP contribution >= 0.6 is 0 Å². The lowest BCUT2D eigenvalue weighted by atomic mass is 10.2. The second-order valence-electron chi connectivity index (χ2n) is 2.86. The van der Waals surface area contributed by atoms with Crippen molar-refractivity contribution in [1.29, 1.82) is 0 Å². The molecule has 2 N–H and O–H groups in total. The largest absolute Gasteiger partial charge is 0.327 e. The molecule has 1 heterocycles. The van der Waals surface area contributed by atoms with E-state index < -0.39 is 0 Å². The van der Waals surface area contributed by atoms with E-state index in [4.69, 9.17) is 5.73 Å². The summed E-state index contributed by atoms with van der Waals surface area (Å²) in [6, 6.07) is 0.361. The highest BCUT2D eigenvalue weighted by molar-refractivity contribution is 4.95. The Kier molecular flexibility index (Phi) is 2.90. The first-order valence-corrected chi connectivity index (χ1v) is 3.96. The Morgan fingerprint density at radius 1 is 1.50 bits per heavy atom. The summed E-state index contributed by atoms with van der Waals surface area (Å²) < 4.78 is 0. The highest BCUT2D eigenvalue weighted by Gasteiger charge is 2.08. The van der Waals surface area contributed by atoms with E-state index in [1.165, 1.54) is 0 Å². The molecule has 58 valence electrons. The predicted molar refractivity (Wildman–Crippen MR) is 43.8 cm³/mol. The van der Waals surface area contributed by atoms with Crippen LogP contribution in [0.5, 0.6) is 0 Å². The maximum absolute atomic E-state index is 5.78. The van der Waals surface area contributed by atoms with Crippen molar-refractivity contribution in [2.45, 2.75) is 19.4 Å². The monoisotopic (exact) mass is 140 g/mol. The minimum Gasteiger partial charge on any atom is -0.327 e. The summed E-state index contributed by atoms with van der Waals surface area (Å²) in [5.41, 5.74) is 5.78. The lowest BCUT2D eigenvalue weighted by molar-refractivity contribution is 0.322. The van der Waals surface area contributed by atoms with Crippen LogP contribution in [0.1, 0.15) is 13.3 Å². The van der Waals surface area contributed by atoms with Gasteiger partial charge >= 0.3 is 0 Å². The summed E-state index contributed by atoms with van der Waals surface area (Å²) in [7, 11) is 0. The summed E-state index contributed by atoms with van der Waals surface area (Å²) in [6.45, 7) is 5.36. The lowest BCUT2D eigenvalue weighted by Crippen LogP contribution is -2.35. The van der Waals surface area contributed by atoms with Gasteiger partial charge in [-0.2, -0.15) is 0 Å². The molecule has 2 heteroatoms. The Bertz CT molecular complexity index is 112. The molecule has 0 unspecified atom stereocenters. The number of rotatable bonds is 3. The van der Waals surface area contributed by atoms with E-state index in [0.717, 1.165) is 26.1 Å². The van der Waals surface area contributed by atoms with E-state index in [2.05, 4.69) is 24.0 Å². The van der Waals surface area contributed by atoms with Crippen LogP contribution < -0.4 is 5.73 Å². The van der Waals surface area contributed by atoms with Crippen LogP contribution in [-0.2, 0) is 0 Å². The Balaban J connectivity index is 2.13. The smallest absolute Gasteiger partial charge is 0.0167 e. The first kappa shape index (κ1) is 7.76. The van der Waals surface area contributed by atoms with Crippen molar-refractivity contribution >= 4 is 0 Å². The predicted octanol–water partition coefficient (Wildman–Crippen LogP) is 0.595. The van der Waals surface area contributed by atoms with Crippen molar-refractivity contribution in [3.63, 3.8) is 0 Å². The zero-order valence-electron chi connectivity index (χ0n) is 6.59. The molecule has 10 heavy (non-hydrogen) atoms. The zero-order valence-corrected chi connectivity index (χ0v) is 6.59. The number of hydrogen-bond acceptors (Lipinski definition) is 2. The highest BCUT2D eigenvalue weighted by Crippen LogP contribution is 2.00. The molecule has 0 amide bonds. The van der Waals surface area contributed by atoms with E-state index >= 15 is 0 Å². The number of nitrogens with zero attached hydrogens (tertiary/aromatic N) is 1. The molecule has 0 radical (unpaired) electrons. The topological polar surface area (TPSA) is 29.3 Å². The van der Waals surface area contributed by atoms with Gasteiger partial charge in [0.25, 0.3) is 0 Å². The third-order valence-corrected chi connectivity index (χ3v) is 1.91. The van der Waals surface area contributed by atoms with Crippen molar-refractivity contribution in [1.82, 2.24) is 4.90 Å². The van der Waals surface area contributed by atoms with Gasteiger partial charge < -0.3 is 5.73 Å². The molecule has 0 spiro atoms. The molecule has 1 aliphatic heterocycles. The van der Waals surface area contributed by atoms with E-state index in [1.807, 2.05) is 0 Å². The fraction of sp³-hybridized carbons (Fsp3) is 0.750. The van der Waals surface area contributed by atoms with Gasteiger partial charge in [0.15, 0.2) is 0 Å². The summed E-state index contributed by atoms with van der Waals surface area (Å²) in [6.07, 6.45) is 5.47. The number of nitrogens with two attached hydrogens (primary N) is 1. The second kappa shape index (κ2) is 3.74. The first-order valence-electron chi connectivity index (χ1n) is 3.96. The molecule has 0 aliphatic carbocycles. The molecule has 2 nitrogen and oxygen atoms in total. The summed E-state index contributed by atoms with van der Waals surface area (Å²) in [5.74, 6) is 0. The molecular weight excluding hydrogens is 124 g/mol. The molecule has 0 aromatic heterocycles. The van der Waals surface area contributed by atoms with Crippen molar-refractivity contribution in [2.75, 3.05) is 19.6 Å². The Morgan fingerprint density at radius 2 is 2.10 bits per heavy atom. The molecule has 0 aromatic rings. The normalized spacial score (nSPS) is 21.8. The minimum atomic E-state index is 0.361. The first-order chi connectivity index (χ1) is 4.83. The van der Waals surface area contributed by atoms with Crippen molar-refractivity contribution in [2.24, 2.45) is 5.73 Å². The fourth-order valence-corrected chi connectivity index (χ4v) is 1.13. The van der Waals surface area contributed by atoms with Crippen LogP contribution in [0.15, 0.2) is 12.2 Å². The maximum Gasteiger partial charge on any atom is 0.0167 e. The maximum atomic E-state index is 5.78. The molecule has 0 bridgehead atoms. The summed E-state index contributed by atoms with van der Waals surface area (Å²) in [5, 5.41) is 0. The Morgan fingerprint density at radius 3 is 2.60 bits per heavy atom. The highest BCUT2D eigenvalue weighted by atomic mass is 15.1. The van der Waals surface area contributed by atoms with Crippen molar-refractivity contribution < 1.29 is 0 Å². The summed E-state index contributed by atoms with van der Waals surface area (Å²) in [4.78, 5) is 2.36. The molecule has 0 saturated heterocycles. The van der Waals surface area contributed by atoms with Crippen LogP contribution in [0.2, 0.25) is 0 Å². The quantitative estimate of drug-likeness (QED) is 0.581. The van der Waals surface area contributed by atoms with Crippen molar-refractivity contribution in [3.05, 3.63) is 12.2 Å². The van der Waals surface area contributed by atoms with Gasteiger partial charge in [-0.3, -0.25) is 4.90 Å². The van der Waals surface area contributed by atoms with Crippen LogP contribution in [-0.4, -0.2) is 30.6 Å². The molecular formula is C8H16N2. The SMILES string of the molecule is CC[C@H](N)CN1CC=CC1. The fourth-order valence-electron chi connectivity index (χ4n) is 1.13. The molecule has 1 atom stereocenters. The minimum absolute atomic E-state index is 0.361. The van der Waals surface area contributed by atoms with Gasteiger partial charge in [0.1, 0.15) is 0 Å². The third-order valence-electron chi connectivity index (χ3n) is 1.91. The second-order valence-corrected chi connectivity index (χ2v) is 2.86. The van der Waals surface area contributed by atoms with E-state index in [9.17, 15) is 0 Å². The Labute approximate surface area is 62.7 Å².